The number of anilines is 1. The summed E-state index contributed by atoms with van der Waals surface area (Å²) in [5, 5.41) is 9.43. The average Bonchev–Trinajstić information content (AvgIpc) is 3.01. The zero-order chi connectivity index (χ0) is 18.2. The molecule has 1 unspecified atom stereocenters. The molecule has 0 aliphatic heterocycles. The van der Waals surface area contributed by atoms with Gasteiger partial charge in [0.15, 0.2) is 13.1 Å². The molecule has 0 spiro atoms. The van der Waals surface area contributed by atoms with E-state index in [0.29, 0.717) is 18.1 Å². The van der Waals surface area contributed by atoms with Crippen LogP contribution in [-0.4, -0.2) is 43.7 Å². The summed E-state index contributed by atoms with van der Waals surface area (Å²) in [5.74, 6) is 0.00433. The van der Waals surface area contributed by atoms with Crippen molar-refractivity contribution in [1.82, 2.24) is 10.5 Å². The summed E-state index contributed by atoms with van der Waals surface area (Å²) in [4.78, 5) is 24.5. The van der Waals surface area contributed by atoms with Crippen LogP contribution in [0.3, 0.4) is 0 Å². The number of carbonyl (C=O) groups excluding carboxylic acids is 2. The number of nitrogens with one attached hydrogen (secondary N) is 3. The number of amides is 2. The average molecular weight is 345 g/mol. The SMILES string of the molecule is CCCNC(=O)C[NH+](C)CC(=O)Nc1cc(-c2ccc(C)cc2)no1. The molecule has 0 fully saturated rings. The molecule has 2 aromatic rings. The lowest BCUT2D eigenvalue weighted by Gasteiger charge is -2.12. The second-order valence-electron chi connectivity index (χ2n) is 6.15. The van der Waals surface area contributed by atoms with Crippen LogP contribution in [0.4, 0.5) is 5.88 Å². The Morgan fingerprint density at radius 1 is 1.16 bits per heavy atom. The lowest BCUT2D eigenvalue weighted by atomic mass is 10.1. The van der Waals surface area contributed by atoms with Gasteiger partial charge in [-0.2, -0.15) is 0 Å². The van der Waals surface area contributed by atoms with Gasteiger partial charge in [0.2, 0.25) is 5.88 Å². The number of hydrogen-bond donors (Lipinski definition) is 3. The largest absolute Gasteiger partial charge is 0.351 e. The predicted octanol–water partition coefficient (Wildman–Crippen LogP) is 0.629. The first-order valence-corrected chi connectivity index (χ1v) is 8.39. The third-order valence-corrected chi connectivity index (χ3v) is 3.62. The fourth-order valence-corrected chi connectivity index (χ4v) is 2.31. The highest BCUT2D eigenvalue weighted by molar-refractivity contribution is 5.90. The Kier molecular flexibility index (Phi) is 6.71. The van der Waals surface area contributed by atoms with Crippen molar-refractivity contribution >= 4 is 17.7 Å². The second-order valence-corrected chi connectivity index (χ2v) is 6.15. The zero-order valence-corrected chi connectivity index (χ0v) is 14.9. The number of benzene rings is 1. The van der Waals surface area contributed by atoms with E-state index in [-0.39, 0.29) is 24.9 Å². The number of hydrogen-bond acceptors (Lipinski definition) is 4. The molecule has 2 amide bonds. The Balaban J connectivity index is 1.84. The van der Waals surface area contributed by atoms with E-state index in [2.05, 4.69) is 15.8 Å². The molecule has 3 N–H and O–H groups in total. The molecule has 0 bridgehead atoms. The second kappa shape index (κ2) is 8.98. The monoisotopic (exact) mass is 345 g/mol. The van der Waals surface area contributed by atoms with Crippen LogP contribution in [0, 0.1) is 6.92 Å². The van der Waals surface area contributed by atoms with Crippen LogP contribution in [-0.2, 0) is 9.59 Å². The standard InChI is InChI=1S/C18H24N4O3/c1-4-9-19-16(23)11-22(3)12-17(24)20-18-10-15(21-25-18)14-7-5-13(2)6-8-14/h5-8,10H,4,9,11-12H2,1-3H3,(H,19,23)(H,20,24)/p+1. The molecule has 25 heavy (non-hydrogen) atoms. The van der Waals surface area contributed by atoms with Crippen LogP contribution in [0.2, 0.25) is 0 Å². The van der Waals surface area contributed by atoms with Gasteiger partial charge in [-0.15, -0.1) is 0 Å². The van der Waals surface area contributed by atoms with Crippen molar-refractivity contribution in [3.8, 4) is 11.3 Å². The number of aromatic nitrogens is 1. The highest BCUT2D eigenvalue weighted by Crippen LogP contribution is 2.21. The summed E-state index contributed by atoms with van der Waals surface area (Å²) in [6.45, 7) is 5.07. The minimum Gasteiger partial charge on any atom is -0.351 e. The maximum absolute atomic E-state index is 12.1. The minimum absolute atomic E-state index is 0.0616. The number of quaternary nitrogens is 1. The van der Waals surface area contributed by atoms with E-state index in [1.807, 2.05) is 38.1 Å². The van der Waals surface area contributed by atoms with Crippen molar-refractivity contribution < 1.29 is 19.0 Å². The van der Waals surface area contributed by atoms with Crippen LogP contribution in [0.15, 0.2) is 34.9 Å². The van der Waals surface area contributed by atoms with E-state index in [1.54, 1.807) is 13.1 Å². The van der Waals surface area contributed by atoms with Crippen molar-refractivity contribution in [2.45, 2.75) is 20.3 Å². The molecular formula is C18H25N4O3+. The smallest absolute Gasteiger partial charge is 0.281 e. The first kappa shape index (κ1) is 18.7. The highest BCUT2D eigenvalue weighted by atomic mass is 16.5. The Morgan fingerprint density at radius 3 is 2.52 bits per heavy atom. The van der Waals surface area contributed by atoms with Gasteiger partial charge in [-0.05, 0) is 13.3 Å². The molecule has 7 heteroatoms. The summed E-state index contributed by atoms with van der Waals surface area (Å²) in [7, 11) is 1.79. The summed E-state index contributed by atoms with van der Waals surface area (Å²) < 4.78 is 5.17. The molecule has 0 radical (unpaired) electrons. The van der Waals surface area contributed by atoms with Crippen LogP contribution in [0.25, 0.3) is 11.3 Å². The normalized spacial score (nSPS) is 11.8. The first-order chi connectivity index (χ1) is 12.0. The van der Waals surface area contributed by atoms with Gasteiger partial charge in [0.05, 0.1) is 7.05 Å². The number of nitrogens with zero attached hydrogens (tertiary/aromatic N) is 1. The van der Waals surface area contributed by atoms with E-state index in [9.17, 15) is 9.59 Å². The van der Waals surface area contributed by atoms with E-state index in [1.165, 1.54) is 0 Å². The lowest BCUT2D eigenvalue weighted by molar-refractivity contribution is -0.862. The molecule has 1 aromatic carbocycles. The maximum Gasteiger partial charge on any atom is 0.281 e. The number of likely N-dealkylation sites (N-methyl/N-ethyl adjacent to an activating group) is 1. The Hall–Kier alpha value is -2.67. The van der Waals surface area contributed by atoms with Gasteiger partial charge in [0, 0.05) is 18.2 Å². The predicted molar refractivity (Wildman–Crippen MR) is 95.2 cm³/mol. The van der Waals surface area contributed by atoms with Crippen molar-refractivity contribution in [2.75, 3.05) is 32.0 Å². The topological polar surface area (TPSA) is 88.7 Å². The van der Waals surface area contributed by atoms with Crippen LogP contribution >= 0.6 is 0 Å². The molecule has 0 aliphatic rings. The van der Waals surface area contributed by atoms with Crippen LogP contribution < -0.4 is 15.5 Å². The Labute approximate surface area is 147 Å². The van der Waals surface area contributed by atoms with Crippen molar-refractivity contribution in [1.29, 1.82) is 0 Å². The van der Waals surface area contributed by atoms with Crippen molar-refractivity contribution in [3.63, 3.8) is 0 Å². The Bertz CT molecular complexity index is 709. The highest BCUT2D eigenvalue weighted by Gasteiger charge is 2.16. The number of rotatable bonds is 8. The summed E-state index contributed by atoms with van der Waals surface area (Å²) in [5.41, 5.74) is 2.75. The van der Waals surface area contributed by atoms with Crippen LogP contribution in [0.5, 0.6) is 0 Å². The van der Waals surface area contributed by atoms with Crippen molar-refractivity contribution in [3.05, 3.63) is 35.9 Å². The van der Waals surface area contributed by atoms with Gasteiger partial charge in [0.25, 0.3) is 11.8 Å². The van der Waals surface area contributed by atoms with Gasteiger partial charge >= 0.3 is 0 Å². The third-order valence-electron chi connectivity index (χ3n) is 3.62. The van der Waals surface area contributed by atoms with Gasteiger partial charge in [-0.25, -0.2) is 0 Å². The zero-order valence-electron chi connectivity index (χ0n) is 14.9. The van der Waals surface area contributed by atoms with E-state index in [4.69, 9.17) is 4.52 Å². The van der Waals surface area contributed by atoms with Crippen molar-refractivity contribution in [2.24, 2.45) is 0 Å². The molecule has 0 aliphatic carbocycles. The molecule has 134 valence electrons. The lowest BCUT2D eigenvalue weighted by Crippen LogP contribution is -3.11. The van der Waals surface area contributed by atoms with Gasteiger partial charge in [-0.1, -0.05) is 41.9 Å². The molecule has 1 atom stereocenters. The minimum atomic E-state index is -0.229. The maximum atomic E-state index is 12.1. The molecule has 0 saturated carbocycles. The first-order valence-electron chi connectivity index (χ1n) is 8.39. The van der Waals surface area contributed by atoms with Gasteiger partial charge in [0.1, 0.15) is 5.69 Å². The van der Waals surface area contributed by atoms with Crippen LogP contribution in [0.1, 0.15) is 18.9 Å². The van der Waals surface area contributed by atoms with E-state index in [0.717, 1.165) is 22.4 Å². The molecule has 2 rings (SSSR count). The molecule has 7 nitrogen and oxygen atoms in total. The quantitative estimate of drug-likeness (QED) is 0.655. The fourth-order valence-electron chi connectivity index (χ4n) is 2.31. The molecule has 1 heterocycles. The molecule has 1 aromatic heterocycles. The number of carbonyl (C=O) groups is 2. The number of aryl methyl sites for hydroxylation is 1. The Morgan fingerprint density at radius 2 is 1.84 bits per heavy atom. The summed E-state index contributed by atoms with van der Waals surface area (Å²) in [6, 6.07) is 9.57. The third kappa shape index (κ3) is 6.04. The van der Waals surface area contributed by atoms with E-state index < -0.39 is 0 Å². The summed E-state index contributed by atoms with van der Waals surface area (Å²) in [6.07, 6.45) is 0.889. The summed E-state index contributed by atoms with van der Waals surface area (Å²) >= 11 is 0. The molecular weight excluding hydrogens is 320 g/mol. The van der Waals surface area contributed by atoms with Gasteiger partial charge in [-0.3, -0.25) is 14.9 Å². The van der Waals surface area contributed by atoms with E-state index >= 15 is 0 Å². The molecule has 0 saturated heterocycles. The van der Waals surface area contributed by atoms with Gasteiger partial charge < -0.3 is 14.7 Å². The fraction of sp³-hybridized carbons (Fsp3) is 0.389.